The zero-order valence-electron chi connectivity index (χ0n) is 13.7. The van der Waals surface area contributed by atoms with Crippen LogP contribution in [0.3, 0.4) is 0 Å². The van der Waals surface area contributed by atoms with Gasteiger partial charge in [0.2, 0.25) is 5.91 Å². The van der Waals surface area contributed by atoms with E-state index >= 15 is 0 Å². The Balaban J connectivity index is 1.65. The maximum absolute atomic E-state index is 12.7. The Bertz CT molecular complexity index is 546. The van der Waals surface area contributed by atoms with Crippen LogP contribution in [0.15, 0.2) is 24.3 Å². The van der Waals surface area contributed by atoms with Crippen molar-refractivity contribution in [3.63, 3.8) is 0 Å². The van der Waals surface area contributed by atoms with Gasteiger partial charge in [-0.3, -0.25) is 9.69 Å². The summed E-state index contributed by atoms with van der Waals surface area (Å²) in [6.07, 6.45) is 2.05. The smallest absolute Gasteiger partial charge is 0.227 e. The molecule has 2 aliphatic rings. The second-order valence-electron chi connectivity index (χ2n) is 6.47. The van der Waals surface area contributed by atoms with E-state index in [1.54, 1.807) is 0 Å². The minimum Gasteiger partial charge on any atom is -0.378 e. The number of carbonyl (C=O) groups excluding carboxylic acids is 1. The minimum atomic E-state index is 0.104. The van der Waals surface area contributed by atoms with E-state index < -0.39 is 0 Å². The van der Waals surface area contributed by atoms with Crippen LogP contribution in [0.2, 0.25) is 5.02 Å². The first-order valence-corrected chi connectivity index (χ1v) is 8.89. The summed E-state index contributed by atoms with van der Waals surface area (Å²) in [6.45, 7) is 6.83. The summed E-state index contributed by atoms with van der Waals surface area (Å²) < 4.78 is 5.35. The molecule has 0 radical (unpaired) electrons. The van der Waals surface area contributed by atoms with Crippen molar-refractivity contribution < 1.29 is 9.53 Å². The van der Waals surface area contributed by atoms with Gasteiger partial charge in [-0.1, -0.05) is 29.8 Å². The fourth-order valence-corrected chi connectivity index (χ4v) is 3.91. The van der Waals surface area contributed by atoms with Crippen LogP contribution in [0.4, 0.5) is 0 Å². The number of piperidine rings is 1. The van der Waals surface area contributed by atoms with E-state index in [0.717, 1.165) is 49.6 Å². The molecule has 0 aliphatic carbocycles. The van der Waals surface area contributed by atoms with Gasteiger partial charge in [-0.2, -0.15) is 0 Å². The molecule has 2 heterocycles. The number of hydrogen-bond donors (Lipinski definition) is 0. The maximum Gasteiger partial charge on any atom is 0.227 e. The summed E-state index contributed by atoms with van der Waals surface area (Å²) in [7, 11) is 0. The molecule has 4 nitrogen and oxygen atoms in total. The SMILES string of the molecule is CC(c1ccccc1Cl)N1CCCC(C(=O)N2CCOCC2)C1. The van der Waals surface area contributed by atoms with Gasteiger partial charge in [-0.05, 0) is 37.9 Å². The van der Waals surface area contributed by atoms with Gasteiger partial charge < -0.3 is 9.64 Å². The van der Waals surface area contributed by atoms with Crippen LogP contribution in [-0.4, -0.2) is 55.1 Å². The molecule has 1 aromatic carbocycles. The molecule has 2 unspecified atom stereocenters. The van der Waals surface area contributed by atoms with Gasteiger partial charge in [0.15, 0.2) is 0 Å². The van der Waals surface area contributed by atoms with Crippen molar-refractivity contribution in [2.75, 3.05) is 39.4 Å². The zero-order valence-corrected chi connectivity index (χ0v) is 14.5. The van der Waals surface area contributed by atoms with E-state index in [0.29, 0.717) is 19.1 Å². The van der Waals surface area contributed by atoms with Crippen LogP contribution in [0.5, 0.6) is 0 Å². The van der Waals surface area contributed by atoms with Crippen LogP contribution in [-0.2, 0) is 9.53 Å². The fraction of sp³-hybridized carbons (Fsp3) is 0.611. The second kappa shape index (κ2) is 7.65. The van der Waals surface area contributed by atoms with Gasteiger partial charge in [0.25, 0.3) is 0 Å². The standard InChI is InChI=1S/C18H25ClN2O2/c1-14(16-6-2-3-7-17(16)19)21-8-4-5-15(13-21)18(22)20-9-11-23-12-10-20/h2-3,6-7,14-15H,4-5,8-13H2,1H3. The number of halogens is 1. The molecule has 0 N–H and O–H groups in total. The molecule has 0 aromatic heterocycles. The molecule has 1 amide bonds. The number of benzene rings is 1. The average Bonchev–Trinajstić information content (AvgIpc) is 2.62. The van der Waals surface area contributed by atoms with Crippen molar-refractivity contribution in [1.29, 1.82) is 0 Å². The molecule has 0 saturated carbocycles. The highest BCUT2D eigenvalue weighted by Crippen LogP contribution is 2.31. The van der Waals surface area contributed by atoms with Gasteiger partial charge in [0.1, 0.15) is 0 Å². The Morgan fingerprint density at radius 2 is 2.00 bits per heavy atom. The maximum atomic E-state index is 12.7. The van der Waals surface area contributed by atoms with E-state index in [9.17, 15) is 4.79 Å². The highest BCUT2D eigenvalue weighted by atomic mass is 35.5. The highest BCUT2D eigenvalue weighted by Gasteiger charge is 2.32. The zero-order chi connectivity index (χ0) is 16.2. The summed E-state index contributed by atoms with van der Waals surface area (Å²) in [5.41, 5.74) is 1.15. The lowest BCUT2D eigenvalue weighted by Gasteiger charge is -2.39. The summed E-state index contributed by atoms with van der Waals surface area (Å²) in [5.74, 6) is 0.399. The first-order valence-electron chi connectivity index (χ1n) is 8.52. The molecular weight excluding hydrogens is 312 g/mol. The number of nitrogens with zero attached hydrogens (tertiary/aromatic N) is 2. The molecule has 5 heteroatoms. The van der Waals surface area contributed by atoms with Crippen molar-refractivity contribution in [2.45, 2.75) is 25.8 Å². The molecule has 2 fully saturated rings. The molecular formula is C18H25ClN2O2. The minimum absolute atomic E-state index is 0.104. The highest BCUT2D eigenvalue weighted by molar-refractivity contribution is 6.31. The largest absolute Gasteiger partial charge is 0.378 e. The van der Waals surface area contributed by atoms with E-state index in [1.165, 1.54) is 0 Å². The lowest BCUT2D eigenvalue weighted by molar-refractivity contribution is -0.141. The van der Waals surface area contributed by atoms with Crippen molar-refractivity contribution in [3.8, 4) is 0 Å². The Morgan fingerprint density at radius 3 is 2.74 bits per heavy atom. The molecule has 126 valence electrons. The number of rotatable bonds is 3. The molecule has 3 rings (SSSR count). The quantitative estimate of drug-likeness (QED) is 0.850. The van der Waals surface area contributed by atoms with E-state index in [4.69, 9.17) is 16.3 Å². The van der Waals surface area contributed by atoms with Crippen LogP contribution in [0.1, 0.15) is 31.4 Å². The Labute approximate surface area is 143 Å². The number of morpholine rings is 1. The van der Waals surface area contributed by atoms with E-state index in [1.807, 2.05) is 23.1 Å². The lowest BCUT2D eigenvalue weighted by Crippen LogP contribution is -2.48. The molecule has 0 spiro atoms. The molecule has 2 atom stereocenters. The van der Waals surface area contributed by atoms with Crippen LogP contribution in [0, 0.1) is 5.92 Å². The van der Waals surface area contributed by atoms with Crippen molar-refractivity contribution >= 4 is 17.5 Å². The number of carbonyl (C=O) groups is 1. The number of ether oxygens (including phenoxy) is 1. The normalized spacial score (nSPS) is 24.4. The fourth-order valence-electron chi connectivity index (χ4n) is 3.61. The van der Waals surface area contributed by atoms with Crippen LogP contribution < -0.4 is 0 Å². The summed E-state index contributed by atoms with van der Waals surface area (Å²) in [6, 6.07) is 8.25. The molecule has 23 heavy (non-hydrogen) atoms. The first-order chi connectivity index (χ1) is 11.2. The second-order valence-corrected chi connectivity index (χ2v) is 6.88. The van der Waals surface area contributed by atoms with Gasteiger partial charge in [-0.25, -0.2) is 0 Å². The Hall–Kier alpha value is -1.10. The van der Waals surface area contributed by atoms with Gasteiger partial charge in [0, 0.05) is 30.7 Å². The monoisotopic (exact) mass is 336 g/mol. The number of likely N-dealkylation sites (tertiary alicyclic amines) is 1. The third kappa shape index (κ3) is 3.87. The van der Waals surface area contributed by atoms with Gasteiger partial charge in [-0.15, -0.1) is 0 Å². The number of amides is 1. The van der Waals surface area contributed by atoms with Gasteiger partial charge in [0.05, 0.1) is 19.1 Å². The lowest BCUT2D eigenvalue weighted by atomic mass is 9.94. The predicted octanol–water partition coefficient (Wildman–Crippen LogP) is 2.97. The Kier molecular flexibility index (Phi) is 5.57. The average molecular weight is 337 g/mol. The van der Waals surface area contributed by atoms with E-state index in [2.05, 4.69) is 17.9 Å². The van der Waals surface area contributed by atoms with E-state index in [-0.39, 0.29) is 12.0 Å². The molecule has 2 aliphatic heterocycles. The topological polar surface area (TPSA) is 32.8 Å². The molecule has 1 aromatic rings. The van der Waals surface area contributed by atoms with Gasteiger partial charge >= 0.3 is 0 Å². The van der Waals surface area contributed by atoms with Crippen LogP contribution in [0.25, 0.3) is 0 Å². The summed E-state index contributed by atoms with van der Waals surface area (Å²) >= 11 is 6.34. The summed E-state index contributed by atoms with van der Waals surface area (Å²) in [5, 5.41) is 0.807. The summed E-state index contributed by atoms with van der Waals surface area (Å²) in [4.78, 5) is 17.1. The predicted molar refractivity (Wildman–Crippen MR) is 91.6 cm³/mol. The molecule has 0 bridgehead atoms. The van der Waals surface area contributed by atoms with Crippen molar-refractivity contribution in [2.24, 2.45) is 5.92 Å². The third-order valence-electron chi connectivity index (χ3n) is 5.03. The number of hydrogen-bond acceptors (Lipinski definition) is 3. The van der Waals surface area contributed by atoms with Crippen molar-refractivity contribution in [3.05, 3.63) is 34.9 Å². The van der Waals surface area contributed by atoms with Crippen LogP contribution >= 0.6 is 11.6 Å². The van der Waals surface area contributed by atoms with Crippen molar-refractivity contribution in [1.82, 2.24) is 9.80 Å². The molecule has 2 saturated heterocycles. The third-order valence-corrected chi connectivity index (χ3v) is 5.37. The first kappa shape index (κ1) is 16.7. The Morgan fingerprint density at radius 1 is 1.26 bits per heavy atom.